The fraction of sp³-hybridized carbons (Fsp3) is 0.424. The highest BCUT2D eigenvalue weighted by Gasteiger charge is 2.51. The van der Waals surface area contributed by atoms with Crippen molar-refractivity contribution in [3.8, 4) is 0 Å². The van der Waals surface area contributed by atoms with Crippen molar-refractivity contribution >= 4 is 29.1 Å². The third kappa shape index (κ3) is 7.78. The zero-order valence-electron chi connectivity index (χ0n) is 22.0. The lowest BCUT2D eigenvalue weighted by molar-refractivity contribution is -0.305. The van der Waals surface area contributed by atoms with E-state index in [2.05, 4.69) is 97.9 Å². The number of carbonyl (C=O) groups excluding carboxylic acids is 1. The van der Waals surface area contributed by atoms with Crippen LogP contribution in [0.1, 0.15) is 84.0 Å². The van der Waals surface area contributed by atoms with Gasteiger partial charge in [0.25, 0.3) is 0 Å². The van der Waals surface area contributed by atoms with Crippen molar-refractivity contribution in [2.24, 2.45) is 0 Å². The van der Waals surface area contributed by atoms with Gasteiger partial charge in [0.2, 0.25) is 0 Å². The molecule has 0 spiro atoms. The molecule has 1 fully saturated rings. The molecule has 2 nitrogen and oxygen atoms in total. The lowest BCUT2D eigenvalue weighted by Crippen LogP contribution is -2.39. The number of rotatable bonds is 9. The summed E-state index contributed by atoms with van der Waals surface area (Å²) in [7, 11) is -1.68. The maximum Gasteiger partial charge on any atom is 0.115 e. The average molecular weight is 503 g/mol. The maximum absolute atomic E-state index is 9.85. The summed E-state index contributed by atoms with van der Waals surface area (Å²) >= 11 is 0. The zero-order valence-corrected chi connectivity index (χ0v) is 22.9. The van der Waals surface area contributed by atoms with Gasteiger partial charge >= 0.3 is 0 Å². The molecule has 0 unspecified atom stereocenters. The van der Waals surface area contributed by atoms with Crippen LogP contribution in [0.5, 0.6) is 0 Å². The van der Waals surface area contributed by atoms with Gasteiger partial charge in [-0.15, -0.1) is 0 Å². The van der Waals surface area contributed by atoms with E-state index >= 15 is 0 Å². The Kier molecular flexibility index (Phi) is 12.2. The van der Waals surface area contributed by atoms with Gasteiger partial charge in [-0.05, 0) is 74.9 Å². The first-order chi connectivity index (χ1) is 17.7. The van der Waals surface area contributed by atoms with Crippen molar-refractivity contribution < 1.29 is 9.90 Å². The van der Waals surface area contributed by atoms with E-state index in [9.17, 15) is 9.90 Å². The number of carboxylic acids is 1. The summed E-state index contributed by atoms with van der Waals surface area (Å²) in [6.07, 6.45) is 14.0. The molecular formula is C33H43O2P. The first-order valence-corrected chi connectivity index (χ1v) is 15.8. The van der Waals surface area contributed by atoms with E-state index in [1.807, 2.05) is 0 Å². The van der Waals surface area contributed by atoms with E-state index in [1.165, 1.54) is 44.9 Å². The Labute approximate surface area is 219 Å². The lowest BCUT2D eigenvalue weighted by Gasteiger charge is -2.35. The minimum atomic E-state index is -1.68. The molecule has 4 rings (SSSR count). The maximum atomic E-state index is 9.85. The Morgan fingerprint density at radius 2 is 1.08 bits per heavy atom. The van der Waals surface area contributed by atoms with Gasteiger partial charge in [0.05, 0.1) is 5.66 Å². The first-order valence-electron chi connectivity index (χ1n) is 13.9. The molecule has 0 radical (unpaired) electrons. The average Bonchev–Trinajstić information content (AvgIpc) is 2.90. The molecule has 3 aromatic rings. The molecule has 3 heteroatoms. The molecule has 192 valence electrons. The molecule has 0 heterocycles. The SMILES string of the molecule is CCCCCCC(=O)[O-].c1ccc([P+](c2ccccc2)(c2ccccc2)C2CCCCCCC2)cc1. The summed E-state index contributed by atoms with van der Waals surface area (Å²) in [6, 6.07) is 34.3. The van der Waals surface area contributed by atoms with E-state index < -0.39 is 13.2 Å². The molecule has 0 saturated heterocycles. The molecule has 0 bridgehead atoms. The summed E-state index contributed by atoms with van der Waals surface area (Å²) in [5.74, 6) is -0.925. The van der Waals surface area contributed by atoms with Crippen molar-refractivity contribution in [1.82, 2.24) is 0 Å². The molecule has 0 aliphatic heterocycles. The van der Waals surface area contributed by atoms with Gasteiger partial charge in [-0.1, -0.05) is 100 Å². The number of carboxylic acid groups (broad SMARTS) is 1. The summed E-state index contributed by atoms with van der Waals surface area (Å²) < 4.78 is 0. The quantitative estimate of drug-likeness (QED) is 0.238. The van der Waals surface area contributed by atoms with Crippen LogP contribution >= 0.6 is 7.26 Å². The van der Waals surface area contributed by atoms with E-state index in [4.69, 9.17) is 0 Å². The van der Waals surface area contributed by atoms with Crippen molar-refractivity contribution in [3.63, 3.8) is 0 Å². The van der Waals surface area contributed by atoms with Crippen LogP contribution in [0.25, 0.3) is 0 Å². The molecule has 0 atom stereocenters. The van der Waals surface area contributed by atoms with Crippen molar-refractivity contribution in [2.45, 2.75) is 89.6 Å². The number of carbonyl (C=O) groups is 1. The van der Waals surface area contributed by atoms with E-state index in [1.54, 1.807) is 15.9 Å². The van der Waals surface area contributed by atoms with Crippen LogP contribution in [-0.2, 0) is 4.79 Å². The number of unbranched alkanes of at least 4 members (excludes halogenated alkanes) is 3. The second kappa shape index (κ2) is 15.6. The number of aliphatic carboxylic acids is 1. The predicted octanol–water partition coefficient (Wildman–Crippen LogP) is 6.80. The predicted molar refractivity (Wildman–Crippen MR) is 155 cm³/mol. The summed E-state index contributed by atoms with van der Waals surface area (Å²) in [5, 5.41) is 14.5. The monoisotopic (exact) mass is 502 g/mol. The molecule has 0 N–H and O–H groups in total. The van der Waals surface area contributed by atoms with E-state index in [-0.39, 0.29) is 6.42 Å². The molecule has 0 amide bonds. The molecule has 0 aromatic heterocycles. The Morgan fingerprint density at radius 3 is 1.47 bits per heavy atom. The molecule has 3 aromatic carbocycles. The highest BCUT2D eigenvalue weighted by atomic mass is 31.2. The van der Waals surface area contributed by atoms with Crippen molar-refractivity contribution in [3.05, 3.63) is 91.0 Å². The molecule has 1 aliphatic rings. The minimum Gasteiger partial charge on any atom is -0.550 e. The number of hydrogen-bond acceptors (Lipinski definition) is 2. The first kappa shape index (κ1) is 28.1. The fourth-order valence-corrected chi connectivity index (χ4v) is 10.8. The van der Waals surface area contributed by atoms with Crippen LogP contribution in [-0.4, -0.2) is 11.6 Å². The van der Waals surface area contributed by atoms with Crippen molar-refractivity contribution in [1.29, 1.82) is 0 Å². The van der Waals surface area contributed by atoms with Crippen LogP contribution in [0.4, 0.5) is 0 Å². The standard InChI is InChI=1S/C26H30P.C7H14O2/c1-2-7-15-23(16-8-3-1)27(24-17-9-4-10-18-24,25-19-11-5-12-20-25)26-21-13-6-14-22-26;1-2-3-4-5-6-7(8)9/h4-6,9-14,17-23H,1-3,7-8,15-16H2;2-6H2,1H3,(H,8,9)/q+1;/p-1. The largest absolute Gasteiger partial charge is 0.550 e. The molecule has 1 aliphatic carbocycles. The van der Waals surface area contributed by atoms with Crippen LogP contribution in [0, 0.1) is 0 Å². The lowest BCUT2D eigenvalue weighted by atomic mass is 10.0. The highest BCUT2D eigenvalue weighted by molar-refractivity contribution is 7.96. The van der Waals surface area contributed by atoms with Crippen LogP contribution < -0.4 is 21.0 Å². The third-order valence-electron chi connectivity index (χ3n) is 7.35. The highest BCUT2D eigenvalue weighted by Crippen LogP contribution is 2.62. The molecule has 1 saturated carbocycles. The third-order valence-corrected chi connectivity index (χ3v) is 12.3. The number of benzene rings is 3. The topological polar surface area (TPSA) is 40.1 Å². The Hall–Kier alpha value is -2.44. The summed E-state index contributed by atoms with van der Waals surface area (Å²) in [6.45, 7) is 2.10. The summed E-state index contributed by atoms with van der Waals surface area (Å²) in [4.78, 5) is 9.85. The Bertz CT molecular complexity index is 883. The van der Waals surface area contributed by atoms with Gasteiger partial charge in [-0.25, -0.2) is 0 Å². The van der Waals surface area contributed by atoms with Crippen LogP contribution in [0.3, 0.4) is 0 Å². The second-order valence-electron chi connectivity index (χ2n) is 9.91. The Balaban J connectivity index is 0.000000345. The minimum absolute atomic E-state index is 0.222. The normalized spacial score (nSPS) is 14.7. The van der Waals surface area contributed by atoms with Gasteiger partial charge in [0.1, 0.15) is 23.2 Å². The second-order valence-corrected chi connectivity index (χ2v) is 13.6. The fourth-order valence-electron chi connectivity index (χ4n) is 5.59. The van der Waals surface area contributed by atoms with Gasteiger partial charge in [-0.3, -0.25) is 0 Å². The van der Waals surface area contributed by atoms with Crippen LogP contribution in [0.15, 0.2) is 91.0 Å². The molecule has 36 heavy (non-hydrogen) atoms. The summed E-state index contributed by atoms with van der Waals surface area (Å²) in [5.41, 5.74) is 0.741. The van der Waals surface area contributed by atoms with Gasteiger partial charge < -0.3 is 9.90 Å². The van der Waals surface area contributed by atoms with Crippen LogP contribution in [0.2, 0.25) is 0 Å². The zero-order chi connectivity index (χ0) is 25.5. The Morgan fingerprint density at radius 1 is 0.667 bits per heavy atom. The smallest absolute Gasteiger partial charge is 0.115 e. The van der Waals surface area contributed by atoms with Gasteiger partial charge in [-0.2, -0.15) is 0 Å². The van der Waals surface area contributed by atoms with E-state index in [0.29, 0.717) is 0 Å². The molecular weight excluding hydrogens is 459 g/mol. The number of hydrogen-bond donors (Lipinski definition) is 0. The van der Waals surface area contributed by atoms with Gasteiger partial charge in [0, 0.05) is 5.97 Å². The van der Waals surface area contributed by atoms with E-state index in [0.717, 1.165) is 31.3 Å². The van der Waals surface area contributed by atoms with Gasteiger partial charge in [0.15, 0.2) is 0 Å². The van der Waals surface area contributed by atoms with Crippen molar-refractivity contribution in [2.75, 3.05) is 0 Å².